The van der Waals surface area contributed by atoms with E-state index in [9.17, 15) is 34.2 Å². The van der Waals surface area contributed by atoms with Crippen molar-refractivity contribution in [3.8, 4) is 5.75 Å². The van der Waals surface area contributed by atoms with Gasteiger partial charge in [0.25, 0.3) is 0 Å². The summed E-state index contributed by atoms with van der Waals surface area (Å²) in [6.07, 6.45) is -0.151. The highest BCUT2D eigenvalue weighted by molar-refractivity contribution is 6.31. The molecular weight excluding hydrogens is 376 g/mol. The van der Waals surface area contributed by atoms with E-state index in [0.717, 1.165) is 6.92 Å². The van der Waals surface area contributed by atoms with Gasteiger partial charge in [0.15, 0.2) is 28.7 Å². The highest BCUT2D eigenvalue weighted by atomic mass is 16.3. The second kappa shape index (κ2) is 5.92. The standard InChI is InChI=1S/C22H22O7/c1-9(23)15-14(25)8-10-7-12-17(20(28)22(10,29)19(15)27)18(26)16-11(21(12,2)3)5-4-6-13(16)24/h4-6,10,12,15,17,24,29H,7-8H2,1-3H3/t10-,12-,15?,17?,22+/m0/s1. The molecule has 0 radical (unpaired) electrons. The Bertz CT molecular complexity index is 1000. The smallest absolute Gasteiger partial charge is 0.190 e. The molecule has 0 heterocycles. The Hall–Kier alpha value is -2.67. The average Bonchev–Trinajstić information content (AvgIpc) is 2.62. The summed E-state index contributed by atoms with van der Waals surface area (Å²) in [5.41, 5.74) is -2.64. The SMILES string of the molecule is CC(=O)C1C(=O)C[C@@H]2C[C@H]3C(C(=O)c4c(O)cccc4C3(C)C)C(=O)[C@]2(O)C1=O. The number of hydrogen-bond donors (Lipinski definition) is 2. The van der Waals surface area contributed by atoms with Crippen LogP contribution in [0.15, 0.2) is 18.2 Å². The lowest BCUT2D eigenvalue weighted by molar-refractivity contribution is -0.177. The molecule has 29 heavy (non-hydrogen) atoms. The van der Waals surface area contributed by atoms with Crippen molar-refractivity contribution in [2.24, 2.45) is 23.7 Å². The predicted molar refractivity (Wildman–Crippen MR) is 99.3 cm³/mol. The zero-order chi connectivity index (χ0) is 21.5. The van der Waals surface area contributed by atoms with Gasteiger partial charge in [-0.05, 0) is 36.3 Å². The number of aromatic hydroxyl groups is 1. The van der Waals surface area contributed by atoms with Crippen molar-refractivity contribution >= 4 is 28.9 Å². The lowest BCUT2D eigenvalue weighted by Crippen LogP contribution is -2.69. The normalized spacial score (nSPS) is 35.6. The molecule has 2 saturated carbocycles. The molecule has 1 aromatic carbocycles. The summed E-state index contributed by atoms with van der Waals surface area (Å²) in [6, 6.07) is 4.70. The van der Waals surface area contributed by atoms with Crippen LogP contribution in [0.5, 0.6) is 5.75 Å². The Morgan fingerprint density at radius 1 is 1.10 bits per heavy atom. The number of Topliss-reactive ketones (excluding diaryl/α,β-unsaturated/α-hetero) is 5. The lowest BCUT2D eigenvalue weighted by atomic mass is 9.48. The van der Waals surface area contributed by atoms with Gasteiger partial charge in [-0.15, -0.1) is 0 Å². The topological polar surface area (TPSA) is 126 Å². The highest BCUT2D eigenvalue weighted by Crippen LogP contribution is 2.55. The summed E-state index contributed by atoms with van der Waals surface area (Å²) >= 11 is 0. The summed E-state index contributed by atoms with van der Waals surface area (Å²) in [6.45, 7) is 4.76. The van der Waals surface area contributed by atoms with Gasteiger partial charge in [0, 0.05) is 12.3 Å². The monoisotopic (exact) mass is 398 g/mol. The zero-order valence-corrected chi connectivity index (χ0v) is 16.4. The van der Waals surface area contributed by atoms with Gasteiger partial charge in [-0.3, -0.25) is 24.0 Å². The van der Waals surface area contributed by atoms with Crippen molar-refractivity contribution < 1.29 is 34.2 Å². The van der Waals surface area contributed by atoms with E-state index in [-0.39, 0.29) is 24.2 Å². The first-order chi connectivity index (χ1) is 13.4. The number of phenols is 1. The minimum atomic E-state index is -2.54. The van der Waals surface area contributed by atoms with Crippen molar-refractivity contribution in [2.75, 3.05) is 0 Å². The van der Waals surface area contributed by atoms with Crippen LogP contribution in [0.4, 0.5) is 0 Å². The number of phenolic OH excluding ortho intramolecular Hbond substituents is 1. The molecule has 7 heteroatoms. The van der Waals surface area contributed by atoms with Gasteiger partial charge >= 0.3 is 0 Å². The van der Waals surface area contributed by atoms with Crippen LogP contribution < -0.4 is 0 Å². The minimum Gasteiger partial charge on any atom is -0.507 e. The molecular formula is C22H22O7. The molecule has 0 spiro atoms. The van der Waals surface area contributed by atoms with E-state index < -0.39 is 63.6 Å². The molecule has 0 aromatic heterocycles. The summed E-state index contributed by atoms with van der Waals surface area (Å²) in [5, 5.41) is 21.5. The van der Waals surface area contributed by atoms with E-state index >= 15 is 0 Å². The van der Waals surface area contributed by atoms with E-state index in [4.69, 9.17) is 0 Å². The fourth-order valence-corrected chi connectivity index (χ4v) is 5.63. The van der Waals surface area contributed by atoms with Gasteiger partial charge in [0.05, 0.1) is 11.5 Å². The number of aliphatic hydroxyl groups is 1. The first-order valence-electron chi connectivity index (χ1n) is 9.64. The first-order valence-corrected chi connectivity index (χ1v) is 9.64. The fourth-order valence-electron chi connectivity index (χ4n) is 5.63. The molecule has 0 saturated heterocycles. The van der Waals surface area contributed by atoms with Crippen LogP contribution in [-0.4, -0.2) is 44.7 Å². The van der Waals surface area contributed by atoms with Crippen molar-refractivity contribution in [3.05, 3.63) is 29.3 Å². The van der Waals surface area contributed by atoms with Crippen LogP contribution in [0.1, 0.15) is 49.5 Å². The number of carbonyl (C=O) groups is 5. The first kappa shape index (κ1) is 19.6. The number of ketones is 5. The molecule has 152 valence electrons. The summed E-state index contributed by atoms with van der Waals surface area (Å²) in [7, 11) is 0. The maximum atomic E-state index is 13.4. The van der Waals surface area contributed by atoms with Gasteiger partial charge < -0.3 is 10.2 Å². The fraction of sp³-hybridized carbons (Fsp3) is 0.500. The molecule has 4 rings (SSSR count). The quantitative estimate of drug-likeness (QED) is 0.680. The van der Waals surface area contributed by atoms with Crippen molar-refractivity contribution in [1.82, 2.24) is 0 Å². The number of carbonyl (C=O) groups excluding carboxylic acids is 5. The molecule has 3 aliphatic rings. The Morgan fingerprint density at radius 2 is 1.76 bits per heavy atom. The van der Waals surface area contributed by atoms with E-state index in [2.05, 4.69) is 0 Å². The van der Waals surface area contributed by atoms with Crippen LogP contribution in [0.25, 0.3) is 0 Å². The third-order valence-electron chi connectivity index (χ3n) is 7.20. The Kier molecular flexibility index (Phi) is 4.01. The number of rotatable bonds is 1. The van der Waals surface area contributed by atoms with Gasteiger partial charge in [-0.2, -0.15) is 0 Å². The Labute approximate surface area is 167 Å². The molecule has 2 N–H and O–H groups in total. The maximum absolute atomic E-state index is 13.4. The molecule has 2 unspecified atom stereocenters. The number of hydrogen-bond acceptors (Lipinski definition) is 7. The zero-order valence-electron chi connectivity index (χ0n) is 16.4. The van der Waals surface area contributed by atoms with Crippen LogP contribution in [0.3, 0.4) is 0 Å². The Balaban J connectivity index is 1.89. The predicted octanol–water partition coefficient (Wildman–Crippen LogP) is 1.17. The largest absolute Gasteiger partial charge is 0.507 e. The summed E-state index contributed by atoms with van der Waals surface area (Å²) in [5.74, 6) is -8.81. The molecule has 0 amide bonds. The van der Waals surface area contributed by atoms with E-state index in [1.807, 2.05) is 13.8 Å². The summed E-state index contributed by atoms with van der Waals surface area (Å²) < 4.78 is 0. The van der Waals surface area contributed by atoms with Crippen molar-refractivity contribution in [1.29, 1.82) is 0 Å². The Morgan fingerprint density at radius 3 is 2.38 bits per heavy atom. The molecule has 0 aliphatic heterocycles. The average molecular weight is 398 g/mol. The van der Waals surface area contributed by atoms with Crippen LogP contribution in [0.2, 0.25) is 0 Å². The second-order valence-electron chi connectivity index (χ2n) is 9.01. The molecule has 2 fully saturated rings. The number of fused-ring (bicyclic) bond motifs is 3. The third-order valence-corrected chi connectivity index (χ3v) is 7.20. The van der Waals surface area contributed by atoms with E-state index in [0.29, 0.717) is 5.56 Å². The van der Waals surface area contributed by atoms with Crippen LogP contribution >= 0.6 is 0 Å². The van der Waals surface area contributed by atoms with Gasteiger partial charge in [-0.25, -0.2) is 0 Å². The number of benzene rings is 1. The van der Waals surface area contributed by atoms with Gasteiger partial charge in [-0.1, -0.05) is 26.0 Å². The highest BCUT2D eigenvalue weighted by Gasteiger charge is 2.67. The second-order valence-corrected chi connectivity index (χ2v) is 9.01. The van der Waals surface area contributed by atoms with Crippen LogP contribution in [-0.2, 0) is 24.6 Å². The molecule has 1 aromatic rings. The molecule has 7 nitrogen and oxygen atoms in total. The van der Waals surface area contributed by atoms with Crippen molar-refractivity contribution in [3.63, 3.8) is 0 Å². The van der Waals surface area contributed by atoms with Crippen LogP contribution in [0, 0.1) is 23.7 Å². The summed E-state index contributed by atoms with van der Waals surface area (Å²) in [4.78, 5) is 63.8. The van der Waals surface area contributed by atoms with E-state index in [1.165, 1.54) is 6.07 Å². The van der Waals surface area contributed by atoms with Gasteiger partial charge in [0.2, 0.25) is 0 Å². The molecule has 5 atom stereocenters. The van der Waals surface area contributed by atoms with Gasteiger partial charge in [0.1, 0.15) is 17.5 Å². The van der Waals surface area contributed by atoms with E-state index in [1.54, 1.807) is 12.1 Å². The van der Waals surface area contributed by atoms with Crippen molar-refractivity contribution in [2.45, 2.75) is 44.6 Å². The maximum Gasteiger partial charge on any atom is 0.190 e. The third kappa shape index (κ3) is 2.31. The minimum absolute atomic E-state index is 0.0246. The lowest BCUT2D eigenvalue weighted by Gasteiger charge is -2.53. The molecule has 3 aliphatic carbocycles. The molecule has 0 bridgehead atoms.